The summed E-state index contributed by atoms with van der Waals surface area (Å²) in [6, 6.07) is 14.2. The van der Waals surface area contributed by atoms with E-state index in [1.165, 1.54) is 0 Å². The summed E-state index contributed by atoms with van der Waals surface area (Å²) in [6.07, 6.45) is -0.625. The van der Waals surface area contributed by atoms with Crippen LogP contribution in [0.4, 0.5) is 8.78 Å². The van der Waals surface area contributed by atoms with Crippen molar-refractivity contribution in [3.63, 3.8) is 0 Å². The number of carbonyl (C=O) groups is 1. The Balaban J connectivity index is 1.69. The molecule has 2 aromatic carbocycles. The van der Waals surface area contributed by atoms with Crippen molar-refractivity contribution in [2.45, 2.75) is 31.4 Å². The first-order chi connectivity index (χ1) is 11.4. The van der Waals surface area contributed by atoms with E-state index >= 15 is 0 Å². The van der Waals surface area contributed by atoms with Crippen LogP contribution in [0.1, 0.15) is 28.8 Å². The lowest BCUT2D eigenvalue weighted by molar-refractivity contribution is -0.0901. The molecule has 3 rings (SSSR count). The molecule has 1 aliphatic rings. The van der Waals surface area contributed by atoms with Crippen LogP contribution in [0.2, 0.25) is 0 Å². The van der Waals surface area contributed by atoms with Crippen molar-refractivity contribution in [2.75, 3.05) is 0 Å². The molecule has 0 atom stereocenters. The van der Waals surface area contributed by atoms with Crippen molar-refractivity contribution in [1.29, 1.82) is 0 Å². The third kappa shape index (κ3) is 4.12. The molecule has 0 radical (unpaired) electrons. The number of ether oxygens (including phenoxy) is 1. The van der Waals surface area contributed by atoms with E-state index in [0.717, 1.165) is 10.0 Å². The molecule has 2 aromatic rings. The number of hydrogen-bond acceptors (Lipinski definition) is 2. The summed E-state index contributed by atoms with van der Waals surface area (Å²) in [5.41, 5.74) is 1.31. The van der Waals surface area contributed by atoms with E-state index in [-0.39, 0.29) is 12.8 Å². The highest BCUT2D eigenvalue weighted by molar-refractivity contribution is 9.10. The topological polar surface area (TPSA) is 38.3 Å². The molecule has 6 heteroatoms. The van der Waals surface area contributed by atoms with Crippen molar-refractivity contribution >= 4 is 21.8 Å². The summed E-state index contributed by atoms with van der Waals surface area (Å²) >= 11 is 3.32. The first kappa shape index (κ1) is 16.9. The van der Waals surface area contributed by atoms with Crippen molar-refractivity contribution in [2.24, 2.45) is 0 Å². The van der Waals surface area contributed by atoms with Gasteiger partial charge in [0.1, 0.15) is 12.4 Å². The van der Waals surface area contributed by atoms with Gasteiger partial charge in [0.15, 0.2) is 0 Å². The van der Waals surface area contributed by atoms with Crippen LogP contribution in [0.25, 0.3) is 0 Å². The molecule has 126 valence electrons. The molecule has 0 bridgehead atoms. The number of rotatable bonds is 5. The van der Waals surface area contributed by atoms with Gasteiger partial charge in [0.05, 0.1) is 5.56 Å². The summed E-state index contributed by atoms with van der Waals surface area (Å²) in [5, 5.41) is 2.63. The van der Waals surface area contributed by atoms with Gasteiger partial charge in [-0.05, 0) is 23.8 Å². The number of nitrogens with one attached hydrogen (secondary N) is 1. The molecular formula is C18H16BrF2NO2. The summed E-state index contributed by atoms with van der Waals surface area (Å²) in [7, 11) is 0. The zero-order valence-corrected chi connectivity index (χ0v) is 14.4. The highest BCUT2D eigenvalue weighted by Crippen LogP contribution is 2.37. The maximum Gasteiger partial charge on any atom is 0.255 e. The van der Waals surface area contributed by atoms with Crippen LogP contribution in [0.15, 0.2) is 53.0 Å². The van der Waals surface area contributed by atoms with Gasteiger partial charge in [0, 0.05) is 23.4 Å². The number of hydrogen-bond donors (Lipinski definition) is 1. The van der Waals surface area contributed by atoms with Crippen LogP contribution in [0.5, 0.6) is 5.75 Å². The Kier molecular flexibility index (Phi) is 4.85. The van der Waals surface area contributed by atoms with Crippen LogP contribution in [0.3, 0.4) is 0 Å². The smallest absolute Gasteiger partial charge is 0.255 e. The van der Waals surface area contributed by atoms with Gasteiger partial charge in [-0.15, -0.1) is 0 Å². The van der Waals surface area contributed by atoms with Crippen LogP contribution in [0, 0.1) is 0 Å². The van der Waals surface area contributed by atoms with Crippen molar-refractivity contribution in [3.05, 3.63) is 64.1 Å². The summed E-state index contributed by atoms with van der Waals surface area (Å²) in [5.74, 6) is -2.65. The Hall–Kier alpha value is -1.95. The van der Waals surface area contributed by atoms with Gasteiger partial charge >= 0.3 is 0 Å². The molecule has 0 aliphatic heterocycles. The molecule has 1 fully saturated rings. The van der Waals surface area contributed by atoms with Crippen LogP contribution < -0.4 is 10.1 Å². The SMILES string of the molecule is O=C(NC1CC(F)(F)C1)c1cc(Br)ccc1OCc1ccccc1. The molecule has 0 heterocycles. The van der Waals surface area contributed by atoms with Crippen LogP contribution in [-0.2, 0) is 6.61 Å². The van der Waals surface area contributed by atoms with E-state index in [9.17, 15) is 13.6 Å². The third-order valence-electron chi connectivity index (χ3n) is 3.85. The lowest BCUT2D eigenvalue weighted by Gasteiger charge is -2.35. The highest BCUT2D eigenvalue weighted by Gasteiger charge is 2.46. The number of halogens is 3. The molecule has 24 heavy (non-hydrogen) atoms. The minimum atomic E-state index is -2.66. The number of benzene rings is 2. The molecule has 1 aliphatic carbocycles. The monoisotopic (exact) mass is 395 g/mol. The standard InChI is InChI=1S/C18H16BrF2NO2/c19-13-6-7-16(24-11-12-4-2-1-3-5-12)15(8-13)17(23)22-14-9-18(20,21)10-14/h1-8,14H,9-11H2,(H,22,23). The van der Waals surface area contributed by atoms with Gasteiger partial charge in [0.25, 0.3) is 11.8 Å². The third-order valence-corrected chi connectivity index (χ3v) is 4.34. The van der Waals surface area contributed by atoms with Gasteiger partial charge in [-0.3, -0.25) is 4.79 Å². The molecule has 1 saturated carbocycles. The first-order valence-electron chi connectivity index (χ1n) is 7.58. The first-order valence-corrected chi connectivity index (χ1v) is 8.37. The zero-order chi connectivity index (χ0) is 17.2. The van der Waals surface area contributed by atoms with Crippen molar-refractivity contribution in [3.8, 4) is 5.75 Å². The highest BCUT2D eigenvalue weighted by atomic mass is 79.9. The maximum absolute atomic E-state index is 12.9. The van der Waals surface area contributed by atoms with Gasteiger partial charge in [-0.1, -0.05) is 46.3 Å². The molecular weight excluding hydrogens is 380 g/mol. The normalized spacial score (nSPS) is 16.3. The lowest BCUT2D eigenvalue weighted by Crippen LogP contribution is -2.50. The fourth-order valence-electron chi connectivity index (χ4n) is 2.57. The van der Waals surface area contributed by atoms with Crippen LogP contribution >= 0.6 is 15.9 Å². The molecule has 0 saturated heterocycles. The Labute approximate surface area is 147 Å². The summed E-state index contributed by atoms with van der Waals surface area (Å²) < 4.78 is 32.3. The van der Waals surface area contributed by atoms with E-state index in [1.54, 1.807) is 18.2 Å². The fraction of sp³-hybridized carbons (Fsp3) is 0.278. The molecule has 1 N–H and O–H groups in total. The van der Waals surface area contributed by atoms with E-state index < -0.39 is 17.9 Å². The molecule has 0 unspecified atom stereocenters. The maximum atomic E-state index is 12.9. The average Bonchev–Trinajstić information content (AvgIpc) is 2.53. The minimum Gasteiger partial charge on any atom is -0.488 e. The molecule has 1 amide bonds. The van der Waals surface area contributed by atoms with E-state index in [0.29, 0.717) is 17.9 Å². The van der Waals surface area contributed by atoms with E-state index in [1.807, 2.05) is 30.3 Å². The average molecular weight is 396 g/mol. The fourth-order valence-corrected chi connectivity index (χ4v) is 2.93. The predicted octanol–water partition coefficient (Wildman–Crippen LogP) is 4.56. The van der Waals surface area contributed by atoms with Gasteiger partial charge in [-0.25, -0.2) is 8.78 Å². The second kappa shape index (κ2) is 6.89. The number of carbonyl (C=O) groups excluding carboxylic acids is 1. The Morgan fingerprint density at radius 1 is 1.21 bits per heavy atom. The van der Waals surface area contributed by atoms with Gasteiger partial charge < -0.3 is 10.1 Å². The quantitative estimate of drug-likeness (QED) is 0.805. The molecule has 0 spiro atoms. The summed E-state index contributed by atoms with van der Waals surface area (Å²) in [4.78, 5) is 12.4. The van der Waals surface area contributed by atoms with E-state index in [2.05, 4.69) is 21.2 Å². The molecule has 0 aromatic heterocycles. The van der Waals surface area contributed by atoms with Crippen molar-refractivity contribution < 1.29 is 18.3 Å². The second-order valence-corrected chi connectivity index (χ2v) is 6.77. The lowest BCUT2D eigenvalue weighted by atomic mass is 9.88. The molecule has 3 nitrogen and oxygen atoms in total. The number of alkyl halides is 2. The van der Waals surface area contributed by atoms with E-state index in [4.69, 9.17) is 4.74 Å². The van der Waals surface area contributed by atoms with Crippen molar-refractivity contribution in [1.82, 2.24) is 5.32 Å². The largest absolute Gasteiger partial charge is 0.488 e. The zero-order valence-electron chi connectivity index (χ0n) is 12.8. The van der Waals surface area contributed by atoms with Gasteiger partial charge in [0.2, 0.25) is 0 Å². The summed E-state index contributed by atoms with van der Waals surface area (Å²) in [6.45, 7) is 0.324. The number of amides is 1. The Morgan fingerprint density at radius 2 is 1.92 bits per heavy atom. The Bertz CT molecular complexity index is 729. The Morgan fingerprint density at radius 3 is 2.58 bits per heavy atom. The minimum absolute atomic E-state index is 0.313. The second-order valence-electron chi connectivity index (χ2n) is 5.85. The predicted molar refractivity (Wildman–Crippen MR) is 90.4 cm³/mol. The van der Waals surface area contributed by atoms with Crippen LogP contribution in [-0.4, -0.2) is 17.9 Å². The van der Waals surface area contributed by atoms with Gasteiger partial charge in [-0.2, -0.15) is 0 Å².